The fourth-order valence-electron chi connectivity index (χ4n) is 6.07. The summed E-state index contributed by atoms with van der Waals surface area (Å²) in [6.45, 7) is 1.90. The number of hydrogen-bond donors (Lipinski definition) is 2. The summed E-state index contributed by atoms with van der Waals surface area (Å²) in [6, 6.07) is 3.34. The molecule has 1 aromatic carbocycles. The quantitative estimate of drug-likeness (QED) is 0.693. The molecule has 3 amide bonds. The molecule has 8 heteroatoms. The summed E-state index contributed by atoms with van der Waals surface area (Å²) in [6.07, 6.45) is 6.54. The van der Waals surface area contributed by atoms with Crippen LogP contribution in [0.25, 0.3) is 0 Å². The molecule has 160 valence electrons. The van der Waals surface area contributed by atoms with Crippen LogP contribution in [0.2, 0.25) is 5.02 Å². The van der Waals surface area contributed by atoms with Gasteiger partial charge in [-0.25, -0.2) is 0 Å². The molecule has 0 unspecified atom stereocenters. The molecule has 2 saturated heterocycles. The van der Waals surface area contributed by atoms with Crippen LogP contribution in [0.4, 0.5) is 5.69 Å². The molecule has 1 spiro atoms. The maximum Gasteiger partial charge on any atom is 0.250 e. The maximum absolute atomic E-state index is 13.7. The number of nitrogens with zero attached hydrogens (tertiary/aromatic N) is 1. The Hall–Kier alpha value is -1.57. The first-order valence-electron chi connectivity index (χ1n) is 10.7. The van der Waals surface area contributed by atoms with Crippen LogP contribution in [0.5, 0.6) is 0 Å². The third-order valence-corrected chi connectivity index (χ3v) is 8.21. The Morgan fingerprint density at radius 1 is 1.20 bits per heavy atom. The number of imide groups is 1. The highest BCUT2D eigenvalue weighted by atomic mass is 35.5. The lowest BCUT2D eigenvalue weighted by Crippen LogP contribution is -2.54. The lowest BCUT2D eigenvalue weighted by Gasteiger charge is -2.31. The topological polar surface area (TPSA) is 78.5 Å². The number of anilines is 1. The molecule has 6 nitrogen and oxygen atoms in total. The predicted octanol–water partition coefficient (Wildman–Crippen LogP) is 3.06. The van der Waals surface area contributed by atoms with E-state index in [0.717, 1.165) is 43.4 Å². The minimum Gasteiger partial charge on any atom is -0.324 e. The van der Waals surface area contributed by atoms with Gasteiger partial charge in [0.05, 0.1) is 11.8 Å². The number of thioether (sulfide) groups is 1. The number of halogens is 1. The van der Waals surface area contributed by atoms with Gasteiger partial charge in [-0.05, 0) is 55.9 Å². The van der Waals surface area contributed by atoms with Gasteiger partial charge in [0.25, 0.3) is 0 Å². The van der Waals surface area contributed by atoms with Crippen LogP contribution in [-0.2, 0) is 19.9 Å². The molecule has 2 N–H and O–H groups in total. The van der Waals surface area contributed by atoms with Crippen molar-refractivity contribution < 1.29 is 14.4 Å². The number of amides is 3. The molecular weight excluding hydrogens is 422 g/mol. The van der Waals surface area contributed by atoms with E-state index in [4.69, 9.17) is 11.6 Å². The molecule has 0 bridgehead atoms. The molecule has 3 heterocycles. The highest BCUT2D eigenvalue weighted by Gasteiger charge is 2.71. The lowest BCUT2D eigenvalue weighted by molar-refractivity contribution is -0.145. The Morgan fingerprint density at radius 2 is 1.93 bits per heavy atom. The van der Waals surface area contributed by atoms with Crippen molar-refractivity contribution in [3.8, 4) is 0 Å². The number of carbonyl (C=O) groups is 3. The van der Waals surface area contributed by atoms with Crippen molar-refractivity contribution in [3.05, 3.63) is 28.3 Å². The van der Waals surface area contributed by atoms with Gasteiger partial charge in [-0.3, -0.25) is 24.6 Å². The van der Waals surface area contributed by atoms with Gasteiger partial charge >= 0.3 is 0 Å². The van der Waals surface area contributed by atoms with E-state index < -0.39 is 17.4 Å². The lowest BCUT2D eigenvalue weighted by atomic mass is 9.76. The van der Waals surface area contributed by atoms with Crippen LogP contribution in [0, 0.1) is 18.8 Å². The molecule has 30 heavy (non-hydrogen) atoms. The molecule has 3 aliphatic heterocycles. The van der Waals surface area contributed by atoms with Crippen molar-refractivity contribution in [2.75, 3.05) is 17.3 Å². The summed E-state index contributed by atoms with van der Waals surface area (Å²) in [7, 11) is 0. The van der Waals surface area contributed by atoms with Gasteiger partial charge in [-0.1, -0.05) is 24.4 Å². The van der Waals surface area contributed by atoms with E-state index in [-0.39, 0.29) is 29.8 Å². The SMILES string of the molecule is CSCC[C@@H]1N[C@]2(C(=O)Nc3c(C)cc(Cl)cc32)[C@@H]2C(=O)N(C3CCCC3)C(=O)[C@H]12. The van der Waals surface area contributed by atoms with E-state index in [1.807, 2.05) is 19.2 Å². The fraction of sp³-hybridized carbons (Fsp3) is 0.591. The number of aryl methyl sites for hydroxylation is 1. The predicted molar refractivity (Wildman–Crippen MR) is 118 cm³/mol. The summed E-state index contributed by atoms with van der Waals surface area (Å²) in [5.74, 6) is -0.939. The van der Waals surface area contributed by atoms with Crippen molar-refractivity contribution in [1.82, 2.24) is 10.2 Å². The van der Waals surface area contributed by atoms with Gasteiger partial charge in [0, 0.05) is 28.4 Å². The van der Waals surface area contributed by atoms with Gasteiger partial charge in [-0.2, -0.15) is 11.8 Å². The normalized spacial score (nSPS) is 33.0. The Balaban J connectivity index is 1.65. The number of rotatable bonds is 4. The molecular formula is C22H26ClN3O3S. The Labute approximate surface area is 185 Å². The summed E-state index contributed by atoms with van der Waals surface area (Å²) in [4.78, 5) is 42.3. The standard InChI is InChI=1S/C22H26ClN3O3S/c1-11-9-12(23)10-14-18(11)24-21(29)22(14)17-16(15(25-22)7-8-30-2)19(27)26(20(17)28)13-5-3-4-6-13/h9-10,13,15-17,25H,3-8H2,1-2H3,(H,24,29)/t15-,16+,17-,22-/m0/s1. The van der Waals surface area contributed by atoms with E-state index >= 15 is 0 Å². The van der Waals surface area contributed by atoms with Crippen molar-refractivity contribution in [3.63, 3.8) is 0 Å². The molecule has 3 fully saturated rings. The van der Waals surface area contributed by atoms with E-state index in [9.17, 15) is 14.4 Å². The number of likely N-dealkylation sites (tertiary alicyclic amines) is 1. The van der Waals surface area contributed by atoms with Crippen LogP contribution in [0.3, 0.4) is 0 Å². The maximum atomic E-state index is 13.7. The van der Waals surface area contributed by atoms with Gasteiger partial charge in [0.1, 0.15) is 5.54 Å². The summed E-state index contributed by atoms with van der Waals surface area (Å²) in [5.41, 5.74) is 1.03. The summed E-state index contributed by atoms with van der Waals surface area (Å²) in [5, 5.41) is 7.00. The summed E-state index contributed by atoms with van der Waals surface area (Å²) >= 11 is 8.07. The Morgan fingerprint density at radius 3 is 2.63 bits per heavy atom. The van der Waals surface area contributed by atoms with Gasteiger partial charge < -0.3 is 5.32 Å². The van der Waals surface area contributed by atoms with Gasteiger partial charge in [0.15, 0.2) is 0 Å². The van der Waals surface area contributed by atoms with E-state index in [2.05, 4.69) is 10.6 Å². The van der Waals surface area contributed by atoms with Crippen LogP contribution in [0.15, 0.2) is 12.1 Å². The smallest absolute Gasteiger partial charge is 0.250 e. The van der Waals surface area contributed by atoms with E-state index in [1.54, 1.807) is 17.8 Å². The van der Waals surface area contributed by atoms with E-state index in [1.165, 1.54) is 4.90 Å². The molecule has 1 saturated carbocycles. The Bertz CT molecular complexity index is 948. The van der Waals surface area contributed by atoms with E-state index in [0.29, 0.717) is 16.3 Å². The number of nitrogens with one attached hydrogen (secondary N) is 2. The van der Waals surface area contributed by atoms with Crippen molar-refractivity contribution in [1.29, 1.82) is 0 Å². The van der Waals surface area contributed by atoms with Gasteiger partial charge in [0.2, 0.25) is 17.7 Å². The average molecular weight is 448 g/mol. The molecule has 0 aromatic heterocycles. The average Bonchev–Trinajstić information content (AvgIpc) is 3.44. The second-order valence-corrected chi connectivity index (χ2v) is 10.3. The van der Waals surface area contributed by atoms with Gasteiger partial charge in [-0.15, -0.1) is 0 Å². The zero-order valence-electron chi connectivity index (χ0n) is 17.2. The zero-order chi connectivity index (χ0) is 21.2. The van der Waals surface area contributed by atoms with Crippen molar-refractivity contribution in [2.45, 2.75) is 56.7 Å². The van der Waals surface area contributed by atoms with Crippen molar-refractivity contribution in [2.24, 2.45) is 11.8 Å². The highest BCUT2D eigenvalue weighted by Crippen LogP contribution is 2.55. The second kappa shape index (κ2) is 7.24. The number of benzene rings is 1. The van der Waals surface area contributed by atoms with Crippen LogP contribution >= 0.6 is 23.4 Å². The highest BCUT2D eigenvalue weighted by molar-refractivity contribution is 7.98. The van der Waals surface area contributed by atoms with Crippen molar-refractivity contribution >= 4 is 46.8 Å². The molecule has 1 aromatic rings. The third kappa shape index (κ3) is 2.64. The zero-order valence-corrected chi connectivity index (χ0v) is 18.7. The molecule has 5 rings (SSSR count). The molecule has 1 aliphatic carbocycles. The number of carbonyl (C=O) groups excluding carboxylic acids is 3. The minimum absolute atomic E-state index is 0.0288. The molecule has 0 radical (unpaired) electrons. The number of fused-ring (bicyclic) bond motifs is 4. The minimum atomic E-state index is -1.24. The second-order valence-electron chi connectivity index (χ2n) is 8.93. The summed E-state index contributed by atoms with van der Waals surface area (Å²) < 4.78 is 0. The monoisotopic (exact) mass is 447 g/mol. The van der Waals surface area contributed by atoms with Crippen LogP contribution in [-0.4, -0.2) is 46.7 Å². The first kappa shape index (κ1) is 20.3. The number of hydrogen-bond acceptors (Lipinski definition) is 5. The van der Waals surface area contributed by atoms with Crippen LogP contribution in [0.1, 0.15) is 43.2 Å². The molecule has 4 atom stereocenters. The first-order valence-corrected chi connectivity index (χ1v) is 12.4. The van der Waals surface area contributed by atoms with Crippen LogP contribution < -0.4 is 10.6 Å². The third-order valence-electron chi connectivity index (χ3n) is 7.34. The largest absolute Gasteiger partial charge is 0.324 e. The molecule has 4 aliphatic rings. The Kier molecular flexibility index (Phi) is 4.91. The first-order chi connectivity index (χ1) is 14.4. The fourth-order valence-corrected chi connectivity index (χ4v) is 6.83.